The third-order valence-corrected chi connectivity index (χ3v) is 4.03. The van der Waals surface area contributed by atoms with Crippen LogP contribution in [0, 0.1) is 0 Å². The normalized spacial score (nSPS) is 27.6. The van der Waals surface area contributed by atoms with E-state index in [2.05, 4.69) is 17.4 Å². The van der Waals surface area contributed by atoms with E-state index >= 15 is 0 Å². The molecule has 0 aliphatic heterocycles. The molecule has 2 unspecified atom stereocenters. The lowest BCUT2D eigenvalue weighted by Gasteiger charge is -2.36. The van der Waals surface area contributed by atoms with Crippen LogP contribution in [0.25, 0.3) is 0 Å². The van der Waals surface area contributed by atoms with Crippen molar-refractivity contribution in [3.05, 3.63) is 35.9 Å². The summed E-state index contributed by atoms with van der Waals surface area (Å²) >= 11 is 0. The van der Waals surface area contributed by atoms with Gasteiger partial charge in [0, 0.05) is 12.0 Å². The molecule has 0 aromatic heterocycles. The quantitative estimate of drug-likeness (QED) is 0.879. The first-order valence-electron chi connectivity index (χ1n) is 6.34. The Hall–Kier alpha value is -1.06. The number of amides is 1. The van der Waals surface area contributed by atoms with Crippen LogP contribution in [0.5, 0.6) is 0 Å². The van der Waals surface area contributed by atoms with Gasteiger partial charge >= 0.3 is 0 Å². The molecule has 2 aliphatic carbocycles. The van der Waals surface area contributed by atoms with Crippen molar-refractivity contribution in [1.82, 2.24) is 5.32 Å². The number of hydrogen-bond donors (Lipinski definition) is 2. The van der Waals surface area contributed by atoms with Crippen molar-refractivity contribution >= 4 is 18.3 Å². The number of halogens is 1. The van der Waals surface area contributed by atoms with E-state index in [9.17, 15) is 4.79 Å². The molecule has 18 heavy (non-hydrogen) atoms. The van der Waals surface area contributed by atoms with Gasteiger partial charge in [-0.05, 0) is 31.2 Å². The van der Waals surface area contributed by atoms with Crippen LogP contribution in [0.2, 0.25) is 0 Å². The van der Waals surface area contributed by atoms with Gasteiger partial charge in [-0.25, -0.2) is 0 Å². The molecule has 0 saturated heterocycles. The van der Waals surface area contributed by atoms with Crippen LogP contribution in [-0.4, -0.2) is 17.5 Å². The summed E-state index contributed by atoms with van der Waals surface area (Å²) in [6, 6.07) is 10.6. The fourth-order valence-corrected chi connectivity index (χ4v) is 2.52. The summed E-state index contributed by atoms with van der Waals surface area (Å²) in [7, 11) is 0. The van der Waals surface area contributed by atoms with Gasteiger partial charge in [-0.3, -0.25) is 4.79 Å². The van der Waals surface area contributed by atoms with E-state index in [4.69, 9.17) is 5.73 Å². The Labute approximate surface area is 114 Å². The summed E-state index contributed by atoms with van der Waals surface area (Å²) in [6.07, 6.45) is 3.80. The van der Waals surface area contributed by atoms with Gasteiger partial charge in [-0.1, -0.05) is 30.3 Å². The predicted octanol–water partition coefficient (Wildman–Crippen LogP) is 1.96. The highest BCUT2D eigenvalue weighted by Gasteiger charge is 2.45. The fraction of sp³-hybridized carbons (Fsp3) is 0.500. The maximum Gasteiger partial charge on any atom is 0.240 e. The molecule has 3 rings (SSSR count). The lowest BCUT2D eigenvalue weighted by molar-refractivity contribution is -0.129. The minimum atomic E-state index is -0.566. The summed E-state index contributed by atoms with van der Waals surface area (Å²) in [5.74, 6) is 0.538. The average molecular weight is 267 g/mol. The van der Waals surface area contributed by atoms with Crippen LogP contribution < -0.4 is 11.1 Å². The molecule has 2 atom stereocenters. The Morgan fingerprint density at radius 1 is 1.28 bits per heavy atom. The molecule has 0 spiro atoms. The topological polar surface area (TPSA) is 55.1 Å². The number of nitrogens with two attached hydrogens (primary N) is 1. The third kappa shape index (κ3) is 2.38. The molecule has 4 heteroatoms. The van der Waals surface area contributed by atoms with Gasteiger partial charge in [-0.2, -0.15) is 0 Å². The van der Waals surface area contributed by atoms with Crippen LogP contribution >= 0.6 is 12.4 Å². The zero-order chi connectivity index (χ0) is 11.9. The maximum atomic E-state index is 11.9. The van der Waals surface area contributed by atoms with Gasteiger partial charge in [0.2, 0.25) is 5.91 Å². The van der Waals surface area contributed by atoms with E-state index in [-0.39, 0.29) is 18.3 Å². The van der Waals surface area contributed by atoms with Gasteiger partial charge in [0.15, 0.2) is 0 Å². The lowest BCUT2D eigenvalue weighted by atomic mass is 9.77. The molecule has 2 saturated carbocycles. The molecule has 0 bridgehead atoms. The monoisotopic (exact) mass is 266 g/mol. The molecule has 2 fully saturated rings. The SMILES string of the molecule is Cl.NC1(C(=O)NC2CC2c2ccccc2)CCC1. The standard InChI is InChI=1S/C14H18N2O.ClH/c15-14(7-4-8-14)13(17)16-12-9-11(12)10-5-2-1-3-6-10;/h1-3,5-6,11-12H,4,7-9,15H2,(H,16,17);1H. The van der Waals surface area contributed by atoms with Crippen molar-refractivity contribution in [2.75, 3.05) is 0 Å². The first-order valence-corrected chi connectivity index (χ1v) is 6.34. The second-order valence-electron chi connectivity index (χ2n) is 5.34. The highest BCUT2D eigenvalue weighted by molar-refractivity contribution is 5.87. The number of carbonyl (C=O) groups excluding carboxylic acids is 1. The van der Waals surface area contributed by atoms with Crippen molar-refractivity contribution < 1.29 is 4.79 Å². The summed E-state index contributed by atoms with van der Waals surface area (Å²) in [4.78, 5) is 11.9. The second-order valence-corrected chi connectivity index (χ2v) is 5.34. The summed E-state index contributed by atoms with van der Waals surface area (Å²) in [5, 5.41) is 3.08. The van der Waals surface area contributed by atoms with Crippen LogP contribution in [0.4, 0.5) is 0 Å². The smallest absolute Gasteiger partial charge is 0.240 e. The Bertz CT molecular complexity index is 431. The first-order chi connectivity index (χ1) is 8.19. The molecular formula is C14H19ClN2O. The first kappa shape index (κ1) is 13.4. The van der Waals surface area contributed by atoms with Crippen molar-refractivity contribution in [3.63, 3.8) is 0 Å². The van der Waals surface area contributed by atoms with Crippen LogP contribution in [0.1, 0.15) is 37.2 Å². The highest BCUT2D eigenvalue weighted by Crippen LogP contribution is 2.41. The van der Waals surface area contributed by atoms with E-state index in [1.807, 2.05) is 18.2 Å². The number of nitrogens with one attached hydrogen (secondary N) is 1. The van der Waals surface area contributed by atoms with Crippen molar-refractivity contribution in [1.29, 1.82) is 0 Å². The molecule has 2 aliphatic rings. The molecule has 3 nitrogen and oxygen atoms in total. The van der Waals surface area contributed by atoms with E-state index in [0.717, 1.165) is 25.7 Å². The molecule has 1 aromatic carbocycles. The molecule has 1 amide bonds. The molecule has 98 valence electrons. The van der Waals surface area contributed by atoms with Gasteiger partial charge in [0.1, 0.15) is 0 Å². The van der Waals surface area contributed by atoms with E-state index in [0.29, 0.717) is 12.0 Å². The molecule has 0 heterocycles. The van der Waals surface area contributed by atoms with Crippen LogP contribution in [0.3, 0.4) is 0 Å². The Kier molecular flexibility index (Phi) is 3.64. The molecular weight excluding hydrogens is 248 g/mol. The Morgan fingerprint density at radius 3 is 2.50 bits per heavy atom. The minimum absolute atomic E-state index is 0. The van der Waals surface area contributed by atoms with Gasteiger partial charge in [-0.15, -0.1) is 12.4 Å². The van der Waals surface area contributed by atoms with Crippen LogP contribution in [0.15, 0.2) is 30.3 Å². The van der Waals surface area contributed by atoms with E-state index in [1.54, 1.807) is 0 Å². The maximum absolute atomic E-state index is 11.9. The lowest BCUT2D eigenvalue weighted by Crippen LogP contribution is -2.59. The average Bonchev–Trinajstić information content (AvgIpc) is 3.06. The van der Waals surface area contributed by atoms with Crippen molar-refractivity contribution in [2.45, 2.75) is 43.2 Å². The van der Waals surface area contributed by atoms with Crippen molar-refractivity contribution in [2.24, 2.45) is 5.73 Å². The number of hydrogen-bond acceptors (Lipinski definition) is 2. The number of rotatable bonds is 3. The largest absolute Gasteiger partial charge is 0.351 e. The summed E-state index contributed by atoms with van der Waals surface area (Å²) < 4.78 is 0. The van der Waals surface area contributed by atoms with E-state index in [1.165, 1.54) is 5.56 Å². The summed E-state index contributed by atoms with van der Waals surface area (Å²) in [5.41, 5.74) is 6.75. The predicted molar refractivity (Wildman–Crippen MR) is 73.7 cm³/mol. The van der Waals surface area contributed by atoms with Gasteiger partial charge in [0.25, 0.3) is 0 Å². The third-order valence-electron chi connectivity index (χ3n) is 4.03. The van der Waals surface area contributed by atoms with Gasteiger partial charge in [0.05, 0.1) is 5.54 Å². The number of carbonyl (C=O) groups is 1. The Balaban J connectivity index is 0.00000120. The van der Waals surface area contributed by atoms with Crippen LogP contribution in [-0.2, 0) is 4.79 Å². The zero-order valence-corrected chi connectivity index (χ0v) is 11.1. The Morgan fingerprint density at radius 2 is 1.94 bits per heavy atom. The minimum Gasteiger partial charge on any atom is -0.351 e. The zero-order valence-electron chi connectivity index (χ0n) is 10.3. The van der Waals surface area contributed by atoms with Gasteiger partial charge < -0.3 is 11.1 Å². The number of benzene rings is 1. The molecule has 0 radical (unpaired) electrons. The molecule has 3 N–H and O–H groups in total. The second kappa shape index (κ2) is 4.90. The molecule has 1 aromatic rings. The summed E-state index contributed by atoms with van der Waals surface area (Å²) in [6.45, 7) is 0. The van der Waals surface area contributed by atoms with Crippen molar-refractivity contribution in [3.8, 4) is 0 Å². The highest BCUT2D eigenvalue weighted by atomic mass is 35.5. The fourth-order valence-electron chi connectivity index (χ4n) is 2.52. The van der Waals surface area contributed by atoms with E-state index < -0.39 is 5.54 Å².